The highest BCUT2D eigenvalue weighted by Gasteiger charge is 2.42. The van der Waals surface area contributed by atoms with Crippen LogP contribution in [0.25, 0.3) is 0 Å². The molecule has 5 nitrogen and oxygen atoms in total. The van der Waals surface area contributed by atoms with Gasteiger partial charge in [-0.25, -0.2) is 0 Å². The Hall–Kier alpha value is -2.95. The lowest BCUT2D eigenvalue weighted by Gasteiger charge is -2.39. The Kier molecular flexibility index (Phi) is 5.85. The third kappa shape index (κ3) is 4.91. The smallest absolute Gasteiger partial charge is 0.416 e. The van der Waals surface area contributed by atoms with Gasteiger partial charge in [-0.2, -0.15) is 26.3 Å². The Labute approximate surface area is 197 Å². The first-order chi connectivity index (χ1) is 16.5. The summed E-state index contributed by atoms with van der Waals surface area (Å²) in [6.07, 6.45) is -7.06. The predicted molar refractivity (Wildman–Crippen MR) is 112 cm³/mol. The van der Waals surface area contributed by atoms with Crippen molar-refractivity contribution in [3.63, 3.8) is 0 Å². The van der Waals surface area contributed by atoms with Crippen molar-refractivity contribution in [2.45, 2.75) is 62.7 Å². The van der Waals surface area contributed by atoms with Gasteiger partial charge in [-0.3, -0.25) is 9.69 Å². The molecule has 35 heavy (non-hydrogen) atoms. The van der Waals surface area contributed by atoms with E-state index in [9.17, 15) is 31.1 Å². The zero-order valence-electron chi connectivity index (χ0n) is 18.4. The molecule has 2 bridgehead atoms. The van der Waals surface area contributed by atoms with Crippen LogP contribution in [-0.4, -0.2) is 35.7 Å². The van der Waals surface area contributed by atoms with Crippen LogP contribution in [0.5, 0.6) is 11.5 Å². The summed E-state index contributed by atoms with van der Waals surface area (Å²) in [5.41, 5.74) is -2.60. The van der Waals surface area contributed by atoms with Gasteiger partial charge in [-0.1, -0.05) is 6.07 Å². The molecule has 2 atom stereocenters. The van der Waals surface area contributed by atoms with E-state index in [0.717, 1.165) is 18.4 Å². The van der Waals surface area contributed by atoms with E-state index in [0.29, 0.717) is 43.0 Å². The molecule has 2 aromatic rings. The highest BCUT2D eigenvalue weighted by atomic mass is 19.4. The molecule has 3 aliphatic heterocycles. The summed E-state index contributed by atoms with van der Waals surface area (Å²) in [6, 6.07) is 6.67. The van der Waals surface area contributed by atoms with Crippen molar-refractivity contribution in [1.82, 2.24) is 10.2 Å². The molecular weight excluding hydrogens is 478 g/mol. The molecule has 3 heterocycles. The van der Waals surface area contributed by atoms with Crippen LogP contribution >= 0.6 is 0 Å². The maximum absolute atomic E-state index is 13.1. The summed E-state index contributed by atoms with van der Waals surface area (Å²) in [5.74, 6) is 0.452. The number of amides is 1. The normalized spacial score (nSPS) is 24.0. The molecule has 2 aromatic carbocycles. The zero-order chi connectivity index (χ0) is 25.0. The molecule has 3 aliphatic rings. The average molecular weight is 500 g/mol. The van der Waals surface area contributed by atoms with Gasteiger partial charge < -0.3 is 14.8 Å². The zero-order valence-corrected chi connectivity index (χ0v) is 18.4. The van der Waals surface area contributed by atoms with Gasteiger partial charge in [-0.15, -0.1) is 0 Å². The molecule has 2 unspecified atom stereocenters. The topological polar surface area (TPSA) is 50.8 Å². The van der Waals surface area contributed by atoms with Gasteiger partial charge in [0, 0.05) is 30.2 Å². The summed E-state index contributed by atoms with van der Waals surface area (Å²) >= 11 is 0. The first-order valence-electron chi connectivity index (χ1n) is 11.2. The standard InChI is InChI=1S/C24H22F6N2O3/c25-23(26,27)15-6-14(7-16(8-15)24(28,29)30)22(33)31-17-9-18-2-3-19(10-17)32(18)11-13-1-4-20-21(5-13)35-12-34-20/h1,4-8,17-19H,2-3,9-12H2,(H,31,33). The van der Waals surface area contributed by atoms with Crippen molar-refractivity contribution in [3.8, 4) is 11.5 Å². The molecule has 188 valence electrons. The highest BCUT2D eigenvalue weighted by molar-refractivity contribution is 5.94. The first-order valence-corrected chi connectivity index (χ1v) is 11.2. The van der Waals surface area contributed by atoms with E-state index in [1.54, 1.807) is 0 Å². The maximum atomic E-state index is 13.1. The van der Waals surface area contributed by atoms with E-state index in [4.69, 9.17) is 9.47 Å². The number of alkyl halides is 6. The quantitative estimate of drug-likeness (QED) is 0.573. The van der Waals surface area contributed by atoms with Crippen molar-refractivity contribution < 1.29 is 40.6 Å². The van der Waals surface area contributed by atoms with Gasteiger partial charge >= 0.3 is 12.4 Å². The van der Waals surface area contributed by atoms with Crippen LogP contribution in [0.15, 0.2) is 36.4 Å². The number of hydrogen-bond donors (Lipinski definition) is 1. The lowest BCUT2D eigenvalue weighted by Crippen LogP contribution is -2.50. The van der Waals surface area contributed by atoms with Gasteiger partial charge in [0.25, 0.3) is 5.91 Å². The number of ether oxygens (including phenoxy) is 2. The van der Waals surface area contributed by atoms with E-state index in [-0.39, 0.29) is 31.0 Å². The molecule has 0 radical (unpaired) electrons. The van der Waals surface area contributed by atoms with E-state index in [1.807, 2.05) is 18.2 Å². The predicted octanol–water partition coefficient (Wildman–Crippen LogP) is 5.38. The summed E-state index contributed by atoms with van der Waals surface area (Å²) in [7, 11) is 0. The molecule has 0 aliphatic carbocycles. The molecule has 2 saturated heterocycles. The molecule has 1 N–H and O–H groups in total. The summed E-state index contributed by atoms with van der Waals surface area (Å²) in [6.45, 7) is 0.862. The van der Waals surface area contributed by atoms with E-state index < -0.39 is 35.0 Å². The number of rotatable bonds is 4. The van der Waals surface area contributed by atoms with Crippen molar-refractivity contribution in [1.29, 1.82) is 0 Å². The minimum Gasteiger partial charge on any atom is -0.454 e. The van der Waals surface area contributed by atoms with Crippen LogP contribution in [0.4, 0.5) is 26.3 Å². The van der Waals surface area contributed by atoms with Gasteiger partial charge in [0.2, 0.25) is 6.79 Å². The minimum atomic E-state index is -5.00. The van der Waals surface area contributed by atoms with Gasteiger partial charge in [0.15, 0.2) is 11.5 Å². The molecule has 1 amide bonds. The largest absolute Gasteiger partial charge is 0.454 e. The maximum Gasteiger partial charge on any atom is 0.416 e. The third-order valence-electron chi connectivity index (χ3n) is 6.87. The monoisotopic (exact) mass is 500 g/mol. The Bertz CT molecular complexity index is 1090. The van der Waals surface area contributed by atoms with Crippen molar-refractivity contribution in [3.05, 3.63) is 58.7 Å². The number of piperidine rings is 1. The number of fused-ring (bicyclic) bond motifs is 3. The summed E-state index contributed by atoms with van der Waals surface area (Å²) in [5, 5.41) is 2.67. The Morgan fingerprint density at radius 3 is 2.09 bits per heavy atom. The fourth-order valence-electron chi connectivity index (χ4n) is 5.26. The fourth-order valence-corrected chi connectivity index (χ4v) is 5.26. The van der Waals surface area contributed by atoms with Crippen molar-refractivity contribution in [2.75, 3.05) is 6.79 Å². The van der Waals surface area contributed by atoms with Crippen LogP contribution in [0.3, 0.4) is 0 Å². The van der Waals surface area contributed by atoms with Crippen LogP contribution < -0.4 is 14.8 Å². The average Bonchev–Trinajstić information content (AvgIpc) is 3.33. The summed E-state index contributed by atoms with van der Waals surface area (Å²) in [4.78, 5) is 15.0. The van der Waals surface area contributed by atoms with Gasteiger partial charge in [-0.05, 0) is 61.6 Å². The Morgan fingerprint density at radius 2 is 1.49 bits per heavy atom. The minimum absolute atomic E-state index is 0.0195. The van der Waals surface area contributed by atoms with Crippen LogP contribution in [0.1, 0.15) is 52.7 Å². The molecule has 0 saturated carbocycles. The van der Waals surface area contributed by atoms with Crippen molar-refractivity contribution in [2.24, 2.45) is 0 Å². The van der Waals surface area contributed by atoms with Crippen LogP contribution in [-0.2, 0) is 18.9 Å². The molecule has 5 rings (SSSR count). The van der Waals surface area contributed by atoms with E-state index >= 15 is 0 Å². The SMILES string of the molecule is O=C(NC1CC2CCC(C1)N2Cc1ccc2c(c1)OCO2)c1cc(C(F)(F)F)cc(C(F)(F)F)c1. The number of nitrogens with zero attached hydrogens (tertiary/aromatic N) is 1. The second kappa shape index (κ2) is 8.61. The molecule has 11 heteroatoms. The van der Waals surface area contributed by atoms with E-state index in [1.165, 1.54) is 0 Å². The van der Waals surface area contributed by atoms with Crippen LogP contribution in [0, 0.1) is 0 Å². The lowest BCUT2D eigenvalue weighted by atomic mass is 9.95. The Balaban J connectivity index is 1.27. The fraction of sp³-hybridized carbons (Fsp3) is 0.458. The number of carbonyl (C=O) groups is 1. The second-order valence-electron chi connectivity index (χ2n) is 9.18. The van der Waals surface area contributed by atoms with Gasteiger partial charge in [0.05, 0.1) is 11.1 Å². The number of carbonyl (C=O) groups excluding carboxylic acids is 1. The van der Waals surface area contributed by atoms with Crippen molar-refractivity contribution >= 4 is 5.91 Å². The first kappa shape index (κ1) is 23.8. The molecular formula is C24H22F6N2O3. The second-order valence-corrected chi connectivity index (χ2v) is 9.18. The van der Waals surface area contributed by atoms with E-state index in [2.05, 4.69) is 10.2 Å². The number of nitrogens with one attached hydrogen (secondary N) is 1. The number of hydrogen-bond acceptors (Lipinski definition) is 4. The lowest BCUT2D eigenvalue weighted by molar-refractivity contribution is -0.143. The van der Waals surface area contributed by atoms with Gasteiger partial charge in [0.1, 0.15) is 0 Å². The molecule has 2 fully saturated rings. The number of halogens is 6. The molecule has 0 spiro atoms. The molecule has 0 aromatic heterocycles. The van der Waals surface area contributed by atoms with Crippen LogP contribution in [0.2, 0.25) is 0 Å². The number of benzene rings is 2. The highest BCUT2D eigenvalue weighted by Crippen LogP contribution is 2.40. The third-order valence-corrected chi connectivity index (χ3v) is 6.87. The Morgan fingerprint density at radius 1 is 0.886 bits per heavy atom. The summed E-state index contributed by atoms with van der Waals surface area (Å²) < 4.78 is 89.6.